The molecule has 3 heteroatoms. The van der Waals surface area contributed by atoms with Crippen LogP contribution >= 0.6 is 0 Å². The van der Waals surface area contributed by atoms with Crippen molar-refractivity contribution in [3.63, 3.8) is 0 Å². The predicted octanol–water partition coefficient (Wildman–Crippen LogP) is 1.15. The summed E-state index contributed by atoms with van der Waals surface area (Å²) in [5.74, 6) is 0. The highest BCUT2D eigenvalue weighted by Gasteiger charge is 2.12. The number of aryl methyl sites for hydroxylation is 2. The zero-order chi connectivity index (χ0) is 9.14. The van der Waals surface area contributed by atoms with E-state index in [9.17, 15) is 5.21 Å². The van der Waals surface area contributed by atoms with Gasteiger partial charge in [0.05, 0.1) is 6.20 Å². The van der Waals surface area contributed by atoms with Crippen molar-refractivity contribution in [2.45, 2.75) is 33.6 Å². The van der Waals surface area contributed by atoms with Crippen LogP contribution in [0, 0.1) is 12.1 Å². The van der Waals surface area contributed by atoms with E-state index in [0.717, 1.165) is 29.0 Å². The predicted molar refractivity (Wildman–Crippen MR) is 46.7 cm³/mol. The quantitative estimate of drug-likeness (QED) is 0.488. The SMILES string of the molecule is CCc1ncc(C)[n+]([O-])c1CC. The van der Waals surface area contributed by atoms with Gasteiger partial charge in [-0.2, -0.15) is 4.73 Å². The summed E-state index contributed by atoms with van der Waals surface area (Å²) in [5.41, 5.74) is 2.39. The van der Waals surface area contributed by atoms with E-state index >= 15 is 0 Å². The molecule has 3 nitrogen and oxygen atoms in total. The van der Waals surface area contributed by atoms with Gasteiger partial charge in [0.1, 0.15) is 5.69 Å². The molecule has 0 fully saturated rings. The Kier molecular flexibility index (Phi) is 2.63. The number of hydrogen-bond donors (Lipinski definition) is 0. The molecule has 0 amide bonds. The maximum absolute atomic E-state index is 11.5. The van der Waals surface area contributed by atoms with E-state index in [0.29, 0.717) is 5.69 Å². The average molecular weight is 166 g/mol. The molecule has 0 aliphatic carbocycles. The van der Waals surface area contributed by atoms with Crippen LogP contribution in [0.4, 0.5) is 0 Å². The first-order chi connectivity index (χ1) is 5.70. The highest BCUT2D eigenvalue weighted by molar-refractivity contribution is 5.07. The topological polar surface area (TPSA) is 39.8 Å². The van der Waals surface area contributed by atoms with Crippen molar-refractivity contribution < 1.29 is 4.73 Å². The van der Waals surface area contributed by atoms with Crippen LogP contribution in [0.15, 0.2) is 6.20 Å². The van der Waals surface area contributed by atoms with Gasteiger partial charge in [-0.15, -0.1) is 0 Å². The minimum absolute atomic E-state index is 0.670. The third-order valence-corrected chi connectivity index (χ3v) is 1.98. The summed E-state index contributed by atoms with van der Waals surface area (Å²) in [5, 5.41) is 11.5. The van der Waals surface area contributed by atoms with Gasteiger partial charge >= 0.3 is 0 Å². The molecule has 12 heavy (non-hydrogen) atoms. The summed E-state index contributed by atoms with van der Waals surface area (Å²) < 4.78 is 0.978. The van der Waals surface area contributed by atoms with Gasteiger partial charge in [0.15, 0.2) is 0 Å². The van der Waals surface area contributed by atoms with Crippen molar-refractivity contribution in [1.29, 1.82) is 0 Å². The molecular weight excluding hydrogens is 152 g/mol. The van der Waals surface area contributed by atoms with Crippen LogP contribution in [0.5, 0.6) is 0 Å². The maximum Gasteiger partial charge on any atom is 0.214 e. The van der Waals surface area contributed by atoms with E-state index in [1.165, 1.54) is 0 Å². The second-order valence-electron chi connectivity index (χ2n) is 2.79. The maximum atomic E-state index is 11.5. The Morgan fingerprint density at radius 3 is 2.58 bits per heavy atom. The second-order valence-corrected chi connectivity index (χ2v) is 2.79. The lowest BCUT2D eigenvalue weighted by Gasteiger charge is -2.07. The molecule has 0 aliphatic rings. The van der Waals surface area contributed by atoms with Crippen molar-refractivity contribution in [2.75, 3.05) is 0 Å². The highest BCUT2D eigenvalue weighted by atomic mass is 16.5. The number of rotatable bonds is 2. The Morgan fingerprint density at radius 1 is 1.42 bits per heavy atom. The summed E-state index contributed by atoms with van der Waals surface area (Å²) in [6.07, 6.45) is 3.21. The minimum Gasteiger partial charge on any atom is -0.618 e. The van der Waals surface area contributed by atoms with Crippen molar-refractivity contribution in [3.05, 3.63) is 28.5 Å². The van der Waals surface area contributed by atoms with Crippen molar-refractivity contribution in [2.24, 2.45) is 0 Å². The molecule has 0 atom stereocenters. The first-order valence-corrected chi connectivity index (χ1v) is 4.27. The lowest BCUT2D eigenvalue weighted by Crippen LogP contribution is -2.37. The normalized spacial score (nSPS) is 10.2. The van der Waals surface area contributed by atoms with Crippen LogP contribution in [-0.4, -0.2) is 4.98 Å². The van der Waals surface area contributed by atoms with E-state index in [1.54, 1.807) is 13.1 Å². The Balaban J connectivity index is 3.25. The zero-order valence-corrected chi connectivity index (χ0v) is 7.79. The highest BCUT2D eigenvalue weighted by Crippen LogP contribution is 2.02. The molecule has 1 aromatic rings. The average Bonchev–Trinajstić information content (AvgIpc) is 2.09. The fourth-order valence-electron chi connectivity index (χ4n) is 1.27. The summed E-state index contributed by atoms with van der Waals surface area (Å²) >= 11 is 0. The molecule has 1 aromatic heterocycles. The molecule has 0 unspecified atom stereocenters. The first-order valence-electron chi connectivity index (χ1n) is 4.27. The minimum atomic E-state index is 0.670. The van der Waals surface area contributed by atoms with Gasteiger partial charge in [0.2, 0.25) is 11.4 Å². The molecule has 0 aliphatic heterocycles. The second kappa shape index (κ2) is 3.52. The molecular formula is C9H14N2O. The van der Waals surface area contributed by atoms with Gasteiger partial charge < -0.3 is 5.21 Å². The number of aromatic nitrogens is 2. The van der Waals surface area contributed by atoms with Gasteiger partial charge in [-0.05, 0) is 6.42 Å². The smallest absolute Gasteiger partial charge is 0.214 e. The van der Waals surface area contributed by atoms with Crippen molar-refractivity contribution >= 4 is 0 Å². The summed E-state index contributed by atoms with van der Waals surface area (Å²) in [6.45, 7) is 5.76. The fraction of sp³-hybridized carbons (Fsp3) is 0.556. The molecule has 1 heterocycles. The standard InChI is InChI=1S/C9H14N2O/c1-4-8-9(5-2)11(12)7(3)6-10-8/h6H,4-5H2,1-3H3. The van der Waals surface area contributed by atoms with Crippen LogP contribution in [0.3, 0.4) is 0 Å². The zero-order valence-electron chi connectivity index (χ0n) is 7.79. The molecule has 1 rings (SSSR count). The Labute approximate surface area is 72.7 Å². The van der Waals surface area contributed by atoms with Crippen molar-refractivity contribution in [3.8, 4) is 0 Å². The first kappa shape index (κ1) is 8.97. The van der Waals surface area contributed by atoms with E-state index in [1.807, 2.05) is 13.8 Å². The summed E-state index contributed by atoms with van der Waals surface area (Å²) in [7, 11) is 0. The van der Waals surface area contributed by atoms with Gasteiger partial charge in [0.25, 0.3) is 0 Å². The monoisotopic (exact) mass is 166 g/mol. The Bertz CT molecular complexity index is 284. The molecule has 0 saturated heterocycles. The van der Waals surface area contributed by atoms with Gasteiger partial charge in [0, 0.05) is 13.3 Å². The Morgan fingerprint density at radius 2 is 2.08 bits per heavy atom. The van der Waals surface area contributed by atoms with Gasteiger partial charge in [-0.3, -0.25) is 0 Å². The van der Waals surface area contributed by atoms with Crippen LogP contribution in [-0.2, 0) is 12.8 Å². The molecule has 0 bridgehead atoms. The van der Waals surface area contributed by atoms with E-state index in [-0.39, 0.29) is 0 Å². The largest absolute Gasteiger partial charge is 0.618 e. The molecule has 0 radical (unpaired) electrons. The third kappa shape index (κ3) is 1.40. The van der Waals surface area contributed by atoms with Crippen molar-refractivity contribution in [1.82, 2.24) is 4.98 Å². The van der Waals surface area contributed by atoms with Crippen LogP contribution in [0.25, 0.3) is 0 Å². The molecule has 0 N–H and O–H groups in total. The van der Waals surface area contributed by atoms with Crippen LogP contribution in [0.2, 0.25) is 0 Å². The molecule has 66 valence electrons. The molecule has 0 aromatic carbocycles. The summed E-state index contributed by atoms with van der Waals surface area (Å²) in [4.78, 5) is 4.21. The fourth-order valence-corrected chi connectivity index (χ4v) is 1.27. The Hall–Kier alpha value is -1.12. The lowest BCUT2D eigenvalue weighted by atomic mass is 10.2. The summed E-state index contributed by atoms with van der Waals surface area (Å²) in [6, 6.07) is 0. The molecule has 0 saturated carbocycles. The molecule has 0 spiro atoms. The third-order valence-electron chi connectivity index (χ3n) is 1.98. The van der Waals surface area contributed by atoms with E-state index < -0.39 is 0 Å². The van der Waals surface area contributed by atoms with Crippen LogP contribution < -0.4 is 4.73 Å². The number of hydrogen-bond acceptors (Lipinski definition) is 2. The van der Waals surface area contributed by atoms with E-state index in [2.05, 4.69) is 4.98 Å². The van der Waals surface area contributed by atoms with E-state index in [4.69, 9.17) is 0 Å². The van der Waals surface area contributed by atoms with Gasteiger partial charge in [-0.1, -0.05) is 13.8 Å². The number of nitrogens with zero attached hydrogens (tertiary/aromatic N) is 2. The lowest BCUT2D eigenvalue weighted by molar-refractivity contribution is -0.621. The van der Waals surface area contributed by atoms with Crippen LogP contribution in [0.1, 0.15) is 30.9 Å². The van der Waals surface area contributed by atoms with Gasteiger partial charge in [-0.25, -0.2) is 4.98 Å².